The zero-order valence-corrected chi connectivity index (χ0v) is 14.4. The van der Waals surface area contributed by atoms with Gasteiger partial charge in [-0.2, -0.15) is 0 Å². The van der Waals surface area contributed by atoms with E-state index in [2.05, 4.69) is 15.5 Å². The molecule has 0 amide bonds. The first-order valence-electron chi connectivity index (χ1n) is 8.26. The number of aliphatic imine (C=N–C) groups is 1. The Morgan fingerprint density at radius 1 is 1.38 bits per heavy atom. The average Bonchev–Trinajstić information content (AvgIpc) is 2.87. The fraction of sp³-hybridized carbons (Fsp3) is 0.412. The maximum atomic E-state index is 9.24. The van der Waals surface area contributed by atoms with Crippen molar-refractivity contribution < 1.29 is 5.11 Å². The minimum atomic E-state index is 0.198. The predicted octanol–water partition coefficient (Wildman–Crippen LogP) is 2.24. The molecule has 0 spiro atoms. The topological polar surface area (TPSA) is 72.8 Å². The molecule has 3 N–H and O–H groups in total. The van der Waals surface area contributed by atoms with Crippen molar-refractivity contribution in [2.75, 3.05) is 31.6 Å². The number of aryl methyl sites for hydroxylation is 1. The van der Waals surface area contributed by atoms with Gasteiger partial charge in [0.05, 0.1) is 16.4 Å². The minimum Gasteiger partial charge on any atom is -0.396 e. The monoisotopic (exact) mass is 343 g/mol. The summed E-state index contributed by atoms with van der Waals surface area (Å²) in [6.07, 6.45) is 0.752. The molecule has 0 aliphatic carbocycles. The van der Waals surface area contributed by atoms with Gasteiger partial charge >= 0.3 is 0 Å². The Balaban J connectivity index is 1.75. The van der Waals surface area contributed by atoms with Gasteiger partial charge in [0.15, 0.2) is 5.84 Å². The lowest BCUT2D eigenvalue weighted by Gasteiger charge is -2.35. The molecule has 3 heterocycles. The quantitative estimate of drug-likeness (QED) is 0.780. The van der Waals surface area contributed by atoms with Crippen molar-refractivity contribution in [3.8, 4) is 0 Å². The van der Waals surface area contributed by atoms with Gasteiger partial charge in [0.1, 0.15) is 10.7 Å². The molecule has 0 bridgehead atoms. The van der Waals surface area contributed by atoms with Crippen LogP contribution in [0.25, 0.3) is 0 Å². The minimum absolute atomic E-state index is 0.198. The summed E-state index contributed by atoms with van der Waals surface area (Å²) in [7, 11) is 0. The predicted molar refractivity (Wildman–Crippen MR) is 97.8 cm³/mol. The third-order valence-electron chi connectivity index (χ3n) is 4.36. The highest BCUT2D eigenvalue weighted by Crippen LogP contribution is 2.37. The van der Waals surface area contributed by atoms with E-state index < -0.39 is 0 Å². The molecule has 2 aromatic rings. The van der Waals surface area contributed by atoms with Crippen LogP contribution in [0.2, 0.25) is 0 Å². The zero-order chi connectivity index (χ0) is 16.5. The van der Waals surface area contributed by atoms with E-state index in [1.54, 1.807) is 11.3 Å². The van der Waals surface area contributed by atoms with Crippen LogP contribution in [-0.2, 0) is 0 Å². The van der Waals surface area contributed by atoms with E-state index in [1.807, 2.05) is 31.2 Å². The molecule has 0 unspecified atom stereocenters. The van der Waals surface area contributed by atoms with Crippen LogP contribution in [0.3, 0.4) is 0 Å². The third kappa shape index (κ3) is 2.90. The van der Waals surface area contributed by atoms with E-state index in [0.717, 1.165) is 59.0 Å². The smallest absolute Gasteiger partial charge is 0.158 e. The number of nitrogens with one attached hydrogen (secondary N) is 2. The largest absolute Gasteiger partial charge is 0.396 e. The van der Waals surface area contributed by atoms with Crippen molar-refractivity contribution in [2.45, 2.75) is 19.4 Å². The fourth-order valence-electron chi connectivity index (χ4n) is 3.22. The molecule has 0 saturated carbocycles. The van der Waals surface area contributed by atoms with E-state index in [-0.39, 0.29) is 12.6 Å². The lowest BCUT2D eigenvalue weighted by molar-refractivity contribution is 0.223. The molecule has 1 aromatic heterocycles. The molecular formula is C17H21N5OS. The van der Waals surface area contributed by atoms with Gasteiger partial charge in [-0.15, -0.1) is 11.3 Å². The van der Waals surface area contributed by atoms with Crippen molar-refractivity contribution in [3.63, 3.8) is 0 Å². The molecule has 6 nitrogen and oxygen atoms in total. The van der Waals surface area contributed by atoms with Gasteiger partial charge < -0.3 is 20.6 Å². The number of para-hydroxylation sites is 2. The molecule has 1 atom stereocenters. The Labute approximate surface area is 145 Å². The second kappa shape index (κ2) is 6.51. The van der Waals surface area contributed by atoms with E-state index in [1.165, 1.54) is 0 Å². The number of fused-ring (bicyclic) bond motifs is 2. The average molecular weight is 343 g/mol. The molecule has 0 radical (unpaired) electrons. The molecule has 7 heteroatoms. The first kappa shape index (κ1) is 15.6. The van der Waals surface area contributed by atoms with E-state index in [4.69, 9.17) is 9.98 Å². The lowest BCUT2D eigenvalue weighted by Crippen LogP contribution is -2.53. The molecule has 2 aliphatic heterocycles. The molecule has 2 aliphatic rings. The van der Waals surface area contributed by atoms with Gasteiger partial charge in [-0.3, -0.25) is 0 Å². The normalized spacial score (nSPS) is 19.8. The SMILES string of the molecule is Cc1nc2c(s1)Nc1ccccc1N=C2N1CCN[C@@H](CCO)C1. The van der Waals surface area contributed by atoms with Crippen LogP contribution in [-0.4, -0.2) is 53.1 Å². The molecule has 126 valence electrons. The Hall–Kier alpha value is -1.96. The summed E-state index contributed by atoms with van der Waals surface area (Å²) in [6, 6.07) is 8.38. The van der Waals surface area contributed by atoms with Gasteiger partial charge in [-0.05, 0) is 25.5 Å². The maximum absolute atomic E-state index is 9.24. The van der Waals surface area contributed by atoms with E-state index >= 15 is 0 Å². The van der Waals surface area contributed by atoms with Gasteiger partial charge in [0.2, 0.25) is 0 Å². The number of hydrogen-bond acceptors (Lipinski definition) is 7. The summed E-state index contributed by atoms with van der Waals surface area (Å²) in [5, 5.41) is 18.3. The summed E-state index contributed by atoms with van der Waals surface area (Å²) in [6.45, 7) is 4.83. The number of hydrogen-bond donors (Lipinski definition) is 3. The van der Waals surface area contributed by atoms with Crippen LogP contribution in [0.15, 0.2) is 29.3 Å². The number of aromatic nitrogens is 1. The number of anilines is 2. The summed E-state index contributed by atoms with van der Waals surface area (Å²) >= 11 is 1.66. The summed E-state index contributed by atoms with van der Waals surface area (Å²) < 4.78 is 0. The summed E-state index contributed by atoms with van der Waals surface area (Å²) in [4.78, 5) is 12.0. The first-order chi connectivity index (χ1) is 11.7. The van der Waals surface area contributed by atoms with Gasteiger partial charge in [0.25, 0.3) is 0 Å². The van der Waals surface area contributed by atoms with E-state index in [0.29, 0.717) is 0 Å². The Morgan fingerprint density at radius 2 is 2.25 bits per heavy atom. The van der Waals surface area contributed by atoms with Crippen molar-refractivity contribution in [2.24, 2.45) is 4.99 Å². The first-order valence-corrected chi connectivity index (χ1v) is 9.08. The molecule has 1 fully saturated rings. The number of benzene rings is 1. The highest BCUT2D eigenvalue weighted by Gasteiger charge is 2.28. The standard InChI is InChI=1S/C17H21N5OS/c1-11-19-15-16(22-8-7-18-12(10-22)6-9-23)20-13-4-2-3-5-14(13)21-17(15)24-11/h2-5,12,18,21,23H,6-10H2,1H3/t12-/m0/s1. The Morgan fingerprint density at radius 3 is 3.12 bits per heavy atom. The van der Waals surface area contributed by atoms with Crippen LogP contribution in [0.1, 0.15) is 17.1 Å². The highest BCUT2D eigenvalue weighted by molar-refractivity contribution is 7.16. The van der Waals surface area contributed by atoms with Crippen molar-refractivity contribution in [1.82, 2.24) is 15.2 Å². The second-order valence-electron chi connectivity index (χ2n) is 6.10. The van der Waals surface area contributed by atoms with Gasteiger partial charge in [-0.1, -0.05) is 12.1 Å². The van der Waals surface area contributed by atoms with Crippen LogP contribution >= 0.6 is 11.3 Å². The number of nitrogens with zero attached hydrogens (tertiary/aromatic N) is 3. The molecular weight excluding hydrogens is 322 g/mol. The fourth-order valence-corrected chi connectivity index (χ4v) is 4.04. The van der Waals surface area contributed by atoms with Crippen LogP contribution in [0.4, 0.5) is 16.4 Å². The number of rotatable bonds is 2. The highest BCUT2D eigenvalue weighted by atomic mass is 32.1. The molecule has 1 aromatic carbocycles. The summed E-state index contributed by atoms with van der Waals surface area (Å²) in [5.41, 5.74) is 2.88. The summed E-state index contributed by atoms with van der Waals surface area (Å²) in [5.74, 6) is 0.927. The van der Waals surface area contributed by atoms with Crippen molar-refractivity contribution in [1.29, 1.82) is 0 Å². The number of thiazole rings is 1. The van der Waals surface area contributed by atoms with Crippen molar-refractivity contribution in [3.05, 3.63) is 35.0 Å². The van der Waals surface area contributed by atoms with Crippen LogP contribution < -0.4 is 10.6 Å². The van der Waals surface area contributed by atoms with E-state index in [9.17, 15) is 5.11 Å². The number of aliphatic hydroxyl groups is 1. The lowest BCUT2D eigenvalue weighted by atomic mass is 10.1. The van der Waals surface area contributed by atoms with Gasteiger partial charge in [-0.25, -0.2) is 9.98 Å². The number of piperazine rings is 1. The Kier molecular flexibility index (Phi) is 4.22. The molecule has 4 rings (SSSR count). The second-order valence-corrected chi connectivity index (χ2v) is 7.30. The molecule has 24 heavy (non-hydrogen) atoms. The number of aliphatic hydroxyl groups excluding tert-OH is 1. The zero-order valence-electron chi connectivity index (χ0n) is 13.6. The maximum Gasteiger partial charge on any atom is 0.158 e. The van der Waals surface area contributed by atoms with Crippen LogP contribution in [0, 0.1) is 6.92 Å². The number of amidine groups is 1. The Bertz CT molecular complexity index is 770. The van der Waals surface area contributed by atoms with Crippen LogP contribution in [0.5, 0.6) is 0 Å². The van der Waals surface area contributed by atoms with Crippen molar-refractivity contribution >= 4 is 33.5 Å². The molecule has 1 saturated heterocycles. The van der Waals surface area contributed by atoms with Gasteiger partial charge in [0, 0.05) is 32.3 Å². The third-order valence-corrected chi connectivity index (χ3v) is 5.24.